The fourth-order valence-corrected chi connectivity index (χ4v) is 2.43. The molecular formula is C13H13FN4O. The van der Waals surface area contributed by atoms with Gasteiger partial charge in [0.2, 0.25) is 6.41 Å². The number of carbonyl (C=O) groups is 1. The molecule has 0 saturated carbocycles. The number of pyridine rings is 1. The van der Waals surface area contributed by atoms with Crippen LogP contribution in [0, 0.1) is 5.82 Å². The van der Waals surface area contributed by atoms with E-state index in [0.717, 1.165) is 43.3 Å². The lowest BCUT2D eigenvalue weighted by molar-refractivity contribution is -0.105. The maximum absolute atomic E-state index is 13.9. The van der Waals surface area contributed by atoms with Gasteiger partial charge in [-0.3, -0.25) is 9.48 Å². The Balaban J connectivity index is 2.08. The molecule has 5 nitrogen and oxygen atoms in total. The number of carbonyl (C=O) groups excluding carboxylic acids is 1. The van der Waals surface area contributed by atoms with Gasteiger partial charge in [-0.15, -0.1) is 0 Å². The molecule has 2 aromatic heterocycles. The van der Waals surface area contributed by atoms with Gasteiger partial charge in [0.05, 0.1) is 12.4 Å². The lowest BCUT2D eigenvalue weighted by atomic mass is 10.0. The molecule has 0 fully saturated rings. The Bertz CT molecular complexity index is 623. The second kappa shape index (κ2) is 4.79. The number of hydrogen-bond donors (Lipinski definition) is 1. The first-order valence-electron chi connectivity index (χ1n) is 6.20. The molecule has 0 saturated heterocycles. The van der Waals surface area contributed by atoms with Gasteiger partial charge in [-0.05, 0) is 25.3 Å². The molecule has 0 aliphatic carbocycles. The van der Waals surface area contributed by atoms with Gasteiger partial charge in [-0.1, -0.05) is 0 Å². The average Bonchev–Trinajstić information content (AvgIpc) is 2.85. The minimum Gasteiger partial charge on any atom is -0.313 e. The maximum atomic E-state index is 13.9. The molecule has 0 aromatic carbocycles. The van der Waals surface area contributed by atoms with Crippen molar-refractivity contribution in [1.82, 2.24) is 14.8 Å². The Labute approximate surface area is 109 Å². The summed E-state index contributed by atoms with van der Waals surface area (Å²) in [4.78, 5) is 14.2. The van der Waals surface area contributed by atoms with Crippen molar-refractivity contribution in [3.8, 4) is 11.1 Å². The third kappa shape index (κ3) is 2.09. The zero-order valence-electron chi connectivity index (χ0n) is 10.3. The Morgan fingerprint density at radius 1 is 1.32 bits per heavy atom. The molecule has 0 bridgehead atoms. The van der Waals surface area contributed by atoms with Crippen molar-refractivity contribution in [2.45, 2.75) is 25.8 Å². The van der Waals surface area contributed by atoms with E-state index in [1.807, 2.05) is 4.68 Å². The van der Waals surface area contributed by atoms with Crippen molar-refractivity contribution < 1.29 is 9.18 Å². The quantitative estimate of drug-likeness (QED) is 0.858. The number of aromatic nitrogens is 3. The van der Waals surface area contributed by atoms with Gasteiger partial charge in [0.25, 0.3) is 0 Å². The molecule has 2 aromatic rings. The van der Waals surface area contributed by atoms with E-state index in [2.05, 4.69) is 15.4 Å². The van der Waals surface area contributed by atoms with Crippen LogP contribution < -0.4 is 5.32 Å². The second-order valence-corrected chi connectivity index (χ2v) is 4.50. The highest BCUT2D eigenvalue weighted by atomic mass is 19.1. The van der Waals surface area contributed by atoms with Crippen molar-refractivity contribution in [3.63, 3.8) is 0 Å². The molecule has 0 spiro atoms. The molecule has 1 aliphatic rings. The van der Waals surface area contributed by atoms with E-state index in [4.69, 9.17) is 0 Å². The summed E-state index contributed by atoms with van der Waals surface area (Å²) in [6, 6.07) is 1.54. The fourth-order valence-electron chi connectivity index (χ4n) is 2.43. The predicted molar refractivity (Wildman–Crippen MR) is 68.0 cm³/mol. The third-order valence-corrected chi connectivity index (χ3v) is 3.33. The molecule has 0 unspecified atom stereocenters. The highest BCUT2D eigenvalue weighted by Gasteiger charge is 2.18. The van der Waals surface area contributed by atoms with Crippen LogP contribution in [0.1, 0.15) is 18.5 Å². The molecule has 1 amide bonds. The number of halogens is 1. The van der Waals surface area contributed by atoms with Gasteiger partial charge in [-0.2, -0.15) is 5.10 Å². The van der Waals surface area contributed by atoms with Gasteiger partial charge >= 0.3 is 0 Å². The number of anilines is 1. The summed E-state index contributed by atoms with van der Waals surface area (Å²) in [5, 5.41) is 6.72. The number of rotatable bonds is 3. The molecule has 3 heterocycles. The summed E-state index contributed by atoms with van der Waals surface area (Å²) in [5.41, 5.74) is 2.27. The number of nitrogens with zero attached hydrogens (tertiary/aromatic N) is 3. The first-order chi connectivity index (χ1) is 9.29. The van der Waals surface area contributed by atoms with Crippen molar-refractivity contribution in [1.29, 1.82) is 0 Å². The number of amides is 1. The van der Waals surface area contributed by atoms with Crippen LogP contribution in [-0.2, 0) is 17.8 Å². The van der Waals surface area contributed by atoms with Crippen molar-refractivity contribution in [3.05, 3.63) is 30.0 Å². The summed E-state index contributed by atoms with van der Waals surface area (Å²) in [6.45, 7) is 0.876. The van der Waals surface area contributed by atoms with Gasteiger partial charge < -0.3 is 5.32 Å². The lowest BCUT2D eigenvalue weighted by Gasteiger charge is -2.15. The summed E-state index contributed by atoms with van der Waals surface area (Å²) >= 11 is 0. The van der Waals surface area contributed by atoms with E-state index in [9.17, 15) is 9.18 Å². The molecule has 0 atom stereocenters. The van der Waals surface area contributed by atoms with E-state index >= 15 is 0 Å². The first kappa shape index (κ1) is 11.8. The standard InChI is InChI=1S/C13H13FN4O/c14-11-7-15-13(16-8-19)5-9(11)10-6-17-18-4-2-1-3-12(10)18/h5-8H,1-4H2,(H,15,16,19). The Hall–Kier alpha value is -2.24. The lowest BCUT2D eigenvalue weighted by Crippen LogP contribution is -2.11. The Morgan fingerprint density at radius 3 is 3.05 bits per heavy atom. The van der Waals surface area contributed by atoms with Gasteiger partial charge in [0, 0.05) is 23.4 Å². The molecule has 19 heavy (non-hydrogen) atoms. The third-order valence-electron chi connectivity index (χ3n) is 3.33. The predicted octanol–water partition coefficient (Wildman–Crippen LogP) is 1.99. The van der Waals surface area contributed by atoms with Crippen LogP contribution in [-0.4, -0.2) is 21.2 Å². The van der Waals surface area contributed by atoms with E-state index in [-0.39, 0.29) is 0 Å². The summed E-state index contributed by atoms with van der Waals surface area (Å²) in [5.74, 6) is -0.0695. The molecule has 1 aliphatic heterocycles. The van der Waals surface area contributed by atoms with Crippen LogP contribution >= 0.6 is 0 Å². The fraction of sp³-hybridized carbons (Fsp3) is 0.308. The van der Waals surface area contributed by atoms with E-state index < -0.39 is 5.82 Å². The first-order valence-corrected chi connectivity index (χ1v) is 6.20. The average molecular weight is 260 g/mol. The van der Waals surface area contributed by atoms with Crippen LogP contribution in [0.2, 0.25) is 0 Å². The molecule has 1 N–H and O–H groups in total. The van der Waals surface area contributed by atoms with Gasteiger partial charge in [0.15, 0.2) is 0 Å². The van der Waals surface area contributed by atoms with Crippen LogP contribution in [0.5, 0.6) is 0 Å². The van der Waals surface area contributed by atoms with Gasteiger partial charge in [0.1, 0.15) is 11.6 Å². The maximum Gasteiger partial charge on any atom is 0.212 e. The summed E-state index contributed by atoms with van der Waals surface area (Å²) in [7, 11) is 0. The highest BCUT2D eigenvalue weighted by Crippen LogP contribution is 2.30. The SMILES string of the molecule is O=CNc1cc(-c2cnn3c2CCCC3)c(F)cn1. The van der Waals surface area contributed by atoms with Crippen molar-refractivity contribution >= 4 is 12.2 Å². The Kier molecular flexibility index (Phi) is 2.98. The van der Waals surface area contributed by atoms with Crippen LogP contribution in [0.4, 0.5) is 10.2 Å². The molecule has 98 valence electrons. The highest BCUT2D eigenvalue weighted by molar-refractivity contribution is 5.74. The number of fused-ring (bicyclic) bond motifs is 1. The Morgan fingerprint density at radius 2 is 2.21 bits per heavy atom. The smallest absolute Gasteiger partial charge is 0.212 e. The molecule has 6 heteroatoms. The van der Waals surface area contributed by atoms with E-state index in [0.29, 0.717) is 17.8 Å². The van der Waals surface area contributed by atoms with Crippen molar-refractivity contribution in [2.24, 2.45) is 0 Å². The van der Waals surface area contributed by atoms with Crippen molar-refractivity contribution in [2.75, 3.05) is 5.32 Å². The minimum absolute atomic E-state index is 0.335. The van der Waals surface area contributed by atoms with E-state index in [1.54, 1.807) is 6.20 Å². The van der Waals surface area contributed by atoms with Crippen LogP contribution in [0.3, 0.4) is 0 Å². The summed E-state index contributed by atoms with van der Waals surface area (Å²) in [6.07, 6.45) is 6.42. The molecule has 3 rings (SSSR count). The van der Waals surface area contributed by atoms with Gasteiger partial charge in [-0.25, -0.2) is 9.37 Å². The largest absolute Gasteiger partial charge is 0.313 e. The zero-order valence-corrected chi connectivity index (χ0v) is 10.3. The molecule has 0 radical (unpaired) electrons. The van der Waals surface area contributed by atoms with Crippen LogP contribution in [0.15, 0.2) is 18.5 Å². The van der Waals surface area contributed by atoms with Crippen LogP contribution in [0.25, 0.3) is 11.1 Å². The topological polar surface area (TPSA) is 59.8 Å². The van der Waals surface area contributed by atoms with E-state index in [1.165, 1.54) is 6.07 Å². The summed E-state index contributed by atoms with van der Waals surface area (Å²) < 4.78 is 15.8. The minimum atomic E-state index is -0.405. The number of hydrogen-bond acceptors (Lipinski definition) is 3. The number of nitrogens with one attached hydrogen (secondary N) is 1. The second-order valence-electron chi connectivity index (χ2n) is 4.50. The number of aryl methyl sites for hydroxylation is 1. The normalized spacial score (nSPS) is 13.9. The zero-order chi connectivity index (χ0) is 13.2. The monoisotopic (exact) mass is 260 g/mol. The molecular weight excluding hydrogens is 247 g/mol.